The van der Waals surface area contributed by atoms with Crippen LogP contribution in [-0.4, -0.2) is 19.7 Å². The van der Waals surface area contributed by atoms with E-state index in [-0.39, 0.29) is 11.7 Å². The molecule has 18 heavy (non-hydrogen) atoms. The molecule has 2 rings (SSSR count). The largest absolute Gasteiger partial charge is 0.343 e. The number of nitrogens with zero attached hydrogens (tertiary/aromatic N) is 3. The second kappa shape index (κ2) is 5.36. The molecule has 0 aliphatic rings. The van der Waals surface area contributed by atoms with Gasteiger partial charge < -0.3 is 5.73 Å². The number of nitrogens with two attached hydrogens (primary N) is 1. The highest BCUT2D eigenvalue weighted by molar-refractivity contribution is 7.99. The normalized spacial score (nSPS) is 12.6. The van der Waals surface area contributed by atoms with E-state index in [2.05, 4.69) is 15.2 Å². The molecule has 0 fully saturated rings. The Morgan fingerprint density at radius 3 is 2.83 bits per heavy atom. The monoisotopic (exact) mass is 265 g/mol. The van der Waals surface area contributed by atoms with Crippen molar-refractivity contribution in [3.63, 3.8) is 0 Å². The molecule has 2 heterocycles. The summed E-state index contributed by atoms with van der Waals surface area (Å²) in [7, 11) is 1.67. The zero-order valence-electron chi connectivity index (χ0n) is 10.3. The standard InChI is InChI=1S/C11H15N5OS/c1-3-8(12)9-5-4-7(6-13-9)18-11-15-14-10(17)16(11)2/h4-6,8H,3,12H2,1-2H3,(H,14,17). The molecule has 0 amide bonds. The molecule has 96 valence electrons. The Labute approximate surface area is 109 Å². The van der Waals surface area contributed by atoms with Gasteiger partial charge in [0.05, 0.1) is 5.69 Å². The van der Waals surface area contributed by atoms with Gasteiger partial charge in [0.25, 0.3) is 0 Å². The van der Waals surface area contributed by atoms with Crippen molar-refractivity contribution in [1.29, 1.82) is 0 Å². The molecule has 0 aliphatic carbocycles. The van der Waals surface area contributed by atoms with Crippen LogP contribution in [0.15, 0.2) is 33.2 Å². The number of aromatic nitrogens is 4. The van der Waals surface area contributed by atoms with E-state index >= 15 is 0 Å². The topological polar surface area (TPSA) is 89.6 Å². The van der Waals surface area contributed by atoms with Gasteiger partial charge in [0.1, 0.15) is 0 Å². The summed E-state index contributed by atoms with van der Waals surface area (Å²) in [6, 6.07) is 3.81. The minimum Gasteiger partial charge on any atom is -0.323 e. The van der Waals surface area contributed by atoms with Gasteiger partial charge in [-0.1, -0.05) is 6.92 Å². The molecule has 2 aromatic rings. The first-order valence-electron chi connectivity index (χ1n) is 5.62. The van der Waals surface area contributed by atoms with E-state index in [1.54, 1.807) is 13.2 Å². The molecular formula is C11H15N5OS. The first-order valence-corrected chi connectivity index (χ1v) is 6.44. The smallest absolute Gasteiger partial charge is 0.323 e. The van der Waals surface area contributed by atoms with Crippen molar-refractivity contribution < 1.29 is 0 Å². The number of H-pyrrole nitrogens is 1. The van der Waals surface area contributed by atoms with Gasteiger partial charge in [-0.3, -0.25) is 9.55 Å². The van der Waals surface area contributed by atoms with Crippen LogP contribution in [0.5, 0.6) is 0 Å². The first-order chi connectivity index (χ1) is 8.61. The number of pyridine rings is 1. The van der Waals surface area contributed by atoms with Gasteiger partial charge in [-0.2, -0.15) is 0 Å². The quantitative estimate of drug-likeness (QED) is 0.863. The van der Waals surface area contributed by atoms with Gasteiger partial charge in [-0.05, 0) is 30.3 Å². The Kier molecular flexibility index (Phi) is 3.83. The second-order valence-electron chi connectivity index (χ2n) is 3.91. The fraction of sp³-hybridized carbons (Fsp3) is 0.364. The molecule has 3 N–H and O–H groups in total. The van der Waals surface area contributed by atoms with Crippen LogP contribution in [-0.2, 0) is 7.05 Å². The molecule has 0 saturated carbocycles. The Balaban J connectivity index is 2.16. The van der Waals surface area contributed by atoms with Gasteiger partial charge in [0.15, 0.2) is 5.16 Å². The summed E-state index contributed by atoms with van der Waals surface area (Å²) in [6.07, 6.45) is 2.60. The van der Waals surface area contributed by atoms with Gasteiger partial charge in [-0.25, -0.2) is 9.89 Å². The Bertz CT molecular complexity index is 574. The lowest BCUT2D eigenvalue weighted by atomic mass is 10.1. The average molecular weight is 265 g/mol. The summed E-state index contributed by atoms with van der Waals surface area (Å²) in [6.45, 7) is 2.02. The average Bonchev–Trinajstić information content (AvgIpc) is 2.71. The van der Waals surface area contributed by atoms with E-state index in [1.165, 1.54) is 16.3 Å². The molecule has 0 bridgehead atoms. The van der Waals surface area contributed by atoms with E-state index in [0.29, 0.717) is 5.16 Å². The zero-order valence-corrected chi connectivity index (χ0v) is 11.1. The Hall–Kier alpha value is -1.60. The molecule has 0 aromatic carbocycles. The molecule has 7 heteroatoms. The molecule has 1 unspecified atom stereocenters. The van der Waals surface area contributed by atoms with Crippen molar-refractivity contribution in [3.05, 3.63) is 34.5 Å². The van der Waals surface area contributed by atoms with Gasteiger partial charge >= 0.3 is 5.69 Å². The van der Waals surface area contributed by atoms with Crippen molar-refractivity contribution in [2.45, 2.75) is 29.4 Å². The summed E-state index contributed by atoms with van der Waals surface area (Å²) < 4.78 is 1.45. The fourth-order valence-electron chi connectivity index (χ4n) is 1.41. The lowest BCUT2D eigenvalue weighted by Gasteiger charge is -2.08. The van der Waals surface area contributed by atoms with Crippen LogP contribution >= 0.6 is 11.8 Å². The minimum absolute atomic E-state index is 0.0289. The number of hydrogen-bond acceptors (Lipinski definition) is 5. The minimum atomic E-state index is -0.227. The molecule has 0 spiro atoms. The van der Waals surface area contributed by atoms with Crippen LogP contribution in [0.3, 0.4) is 0 Å². The van der Waals surface area contributed by atoms with E-state index in [4.69, 9.17) is 5.73 Å². The van der Waals surface area contributed by atoms with Crippen molar-refractivity contribution in [2.75, 3.05) is 0 Å². The number of rotatable bonds is 4. The maximum Gasteiger partial charge on any atom is 0.343 e. The number of aromatic amines is 1. The van der Waals surface area contributed by atoms with Crippen molar-refractivity contribution in [1.82, 2.24) is 19.7 Å². The second-order valence-corrected chi connectivity index (χ2v) is 4.95. The fourth-order valence-corrected chi connectivity index (χ4v) is 2.17. The molecule has 1 atom stereocenters. The summed E-state index contributed by atoms with van der Waals surface area (Å²) in [5, 5.41) is 6.92. The maximum atomic E-state index is 11.2. The van der Waals surface area contributed by atoms with Crippen LogP contribution in [0.2, 0.25) is 0 Å². The summed E-state index contributed by atoms with van der Waals surface area (Å²) in [5.74, 6) is 0. The van der Waals surface area contributed by atoms with Gasteiger partial charge in [0, 0.05) is 24.2 Å². The predicted octanol–water partition coefficient (Wildman–Crippen LogP) is 1.06. The SMILES string of the molecule is CCC(N)c1ccc(Sc2n[nH]c(=O)n2C)cn1. The number of nitrogens with one attached hydrogen (secondary N) is 1. The van der Waals surface area contributed by atoms with E-state index < -0.39 is 0 Å². The van der Waals surface area contributed by atoms with Crippen LogP contribution in [0.25, 0.3) is 0 Å². The lowest BCUT2D eigenvalue weighted by Crippen LogP contribution is -2.12. The van der Waals surface area contributed by atoms with Crippen molar-refractivity contribution >= 4 is 11.8 Å². The molecule has 0 saturated heterocycles. The third kappa shape index (κ3) is 2.62. The maximum absolute atomic E-state index is 11.2. The highest BCUT2D eigenvalue weighted by atomic mass is 32.2. The molecule has 6 nitrogen and oxygen atoms in total. The molecule has 0 radical (unpaired) electrons. The highest BCUT2D eigenvalue weighted by Crippen LogP contribution is 2.24. The highest BCUT2D eigenvalue weighted by Gasteiger charge is 2.08. The number of hydrogen-bond donors (Lipinski definition) is 2. The van der Waals surface area contributed by atoms with Gasteiger partial charge in [-0.15, -0.1) is 5.10 Å². The zero-order chi connectivity index (χ0) is 13.1. The third-order valence-electron chi connectivity index (χ3n) is 2.63. The summed E-state index contributed by atoms with van der Waals surface area (Å²) >= 11 is 1.38. The van der Waals surface area contributed by atoms with Crippen LogP contribution in [0.4, 0.5) is 0 Å². The molecular weight excluding hydrogens is 250 g/mol. The van der Waals surface area contributed by atoms with E-state index in [1.807, 2.05) is 19.1 Å². The lowest BCUT2D eigenvalue weighted by molar-refractivity contribution is 0.674. The Morgan fingerprint density at radius 2 is 2.33 bits per heavy atom. The van der Waals surface area contributed by atoms with Crippen LogP contribution in [0, 0.1) is 0 Å². The van der Waals surface area contributed by atoms with Crippen molar-refractivity contribution in [3.8, 4) is 0 Å². The van der Waals surface area contributed by atoms with E-state index in [0.717, 1.165) is 17.0 Å². The van der Waals surface area contributed by atoms with Crippen molar-refractivity contribution in [2.24, 2.45) is 12.8 Å². The molecule has 2 aromatic heterocycles. The summed E-state index contributed by atoms with van der Waals surface area (Å²) in [4.78, 5) is 16.4. The van der Waals surface area contributed by atoms with Crippen LogP contribution in [0.1, 0.15) is 25.1 Å². The Morgan fingerprint density at radius 1 is 1.56 bits per heavy atom. The molecule has 0 aliphatic heterocycles. The van der Waals surface area contributed by atoms with Crippen LogP contribution < -0.4 is 11.4 Å². The third-order valence-corrected chi connectivity index (χ3v) is 3.65. The van der Waals surface area contributed by atoms with E-state index in [9.17, 15) is 4.79 Å². The predicted molar refractivity (Wildman–Crippen MR) is 69.4 cm³/mol. The summed E-state index contributed by atoms with van der Waals surface area (Å²) in [5.41, 5.74) is 6.54. The van der Waals surface area contributed by atoms with Gasteiger partial charge in [0.2, 0.25) is 0 Å². The first kappa shape index (κ1) is 12.8.